The Morgan fingerprint density at radius 1 is 1.11 bits per heavy atom. The molecule has 0 aromatic carbocycles. The summed E-state index contributed by atoms with van der Waals surface area (Å²) in [5.41, 5.74) is 1.92. The Kier molecular flexibility index (Phi) is 5.38. The van der Waals surface area contributed by atoms with E-state index in [0.717, 1.165) is 38.2 Å². The fourth-order valence-electron chi connectivity index (χ4n) is 4.02. The highest BCUT2D eigenvalue weighted by atomic mass is 16.1. The molecule has 2 aliphatic heterocycles. The molecule has 0 spiro atoms. The van der Waals surface area contributed by atoms with Crippen LogP contribution in [0, 0.1) is 11.5 Å². The number of rotatable bonds is 4. The highest BCUT2D eigenvalue weighted by molar-refractivity contribution is 5.94. The minimum atomic E-state index is -0.125. The molecular formula is C21H24N6O. The number of carbonyl (C=O) groups is 1. The highest BCUT2D eigenvalue weighted by Gasteiger charge is 2.24. The first-order valence-corrected chi connectivity index (χ1v) is 9.79. The molecule has 0 saturated carbocycles. The minimum Gasteiger partial charge on any atom is -0.357 e. The Balaban J connectivity index is 1.31. The van der Waals surface area contributed by atoms with Gasteiger partial charge in [0.05, 0.1) is 5.56 Å². The summed E-state index contributed by atoms with van der Waals surface area (Å²) in [5.74, 6) is 1.37. The molecule has 28 heavy (non-hydrogen) atoms. The third-order valence-corrected chi connectivity index (χ3v) is 5.67. The standard InChI is InChI=1S/C21H24N6O/c22-15-26-10-7-19(14-26)25-21(28)18-1-2-20(24-13-18)27-11-5-17(6-12-27)16-3-8-23-9-4-16/h1-4,8-9,13,17,19H,5-7,10-12,14H2,(H,25,28). The number of amides is 1. The molecule has 1 amide bonds. The van der Waals surface area contributed by atoms with Crippen LogP contribution in [0.25, 0.3) is 0 Å². The molecule has 0 radical (unpaired) electrons. The molecule has 1 atom stereocenters. The lowest BCUT2D eigenvalue weighted by Gasteiger charge is -2.33. The summed E-state index contributed by atoms with van der Waals surface area (Å²) in [7, 11) is 0. The Hall–Kier alpha value is -3.14. The molecule has 4 heterocycles. The Morgan fingerprint density at radius 3 is 2.54 bits per heavy atom. The van der Waals surface area contributed by atoms with E-state index in [4.69, 9.17) is 5.26 Å². The lowest BCUT2D eigenvalue weighted by molar-refractivity contribution is 0.0938. The van der Waals surface area contributed by atoms with Gasteiger partial charge in [-0.25, -0.2) is 4.98 Å². The zero-order valence-corrected chi connectivity index (χ0v) is 15.8. The van der Waals surface area contributed by atoms with Gasteiger partial charge in [-0.3, -0.25) is 9.78 Å². The normalized spacial score (nSPS) is 20.0. The Morgan fingerprint density at radius 2 is 1.89 bits per heavy atom. The van der Waals surface area contributed by atoms with Gasteiger partial charge in [0.2, 0.25) is 0 Å². The van der Waals surface area contributed by atoms with E-state index in [1.54, 1.807) is 11.1 Å². The number of likely N-dealkylation sites (tertiary alicyclic amines) is 1. The van der Waals surface area contributed by atoms with Gasteiger partial charge >= 0.3 is 0 Å². The van der Waals surface area contributed by atoms with Crippen LogP contribution in [0.5, 0.6) is 0 Å². The van der Waals surface area contributed by atoms with E-state index < -0.39 is 0 Å². The van der Waals surface area contributed by atoms with Gasteiger partial charge in [0, 0.05) is 50.8 Å². The number of carbonyl (C=O) groups excluding carboxylic acids is 1. The van der Waals surface area contributed by atoms with Crippen LogP contribution < -0.4 is 10.2 Å². The molecule has 7 nitrogen and oxygen atoms in total. The summed E-state index contributed by atoms with van der Waals surface area (Å²) >= 11 is 0. The second kappa shape index (κ2) is 8.26. The van der Waals surface area contributed by atoms with E-state index >= 15 is 0 Å². The van der Waals surface area contributed by atoms with Crippen LogP contribution in [0.3, 0.4) is 0 Å². The first-order chi connectivity index (χ1) is 13.7. The van der Waals surface area contributed by atoms with Crippen molar-refractivity contribution in [3.63, 3.8) is 0 Å². The molecule has 0 aliphatic carbocycles. The summed E-state index contributed by atoms with van der Waals surface area (Å²) in [6.45, 7) is 3.20. The predicted octanol–water partition coefficient (Wildman–Crippen LogP) is 2.15. The fourth-order valence-corrected chi connectivity index (χ4v) is 4.02. The van der Waals surface area contributed by atoms with E-state index in [9.17, 15) is 4.79 Å². The topological polar surface area (TPSA) is 85.2 Å². The second-order valence-electron chi connectivity index (χ2n) is 7.45. The monoisotopic (exact) mass is 376 g/mol. The van der Waals surface area contributed by atoms with Gasteiger partial charge in [-0.1, -0.05) is 0 Å². The largest absolute Gasteiger partial charge is 0.357 e. The molecular weight excluding hydrogens is 352 g/mol. The summed E-state index contributed by atoms with van der Waals surface area (Å²) in [6.07, 6.45) is 10.5. The number of nitriles is 1. The number of piperidine rings is 1. The summed E-state index contributed by atoms with van der Waals surface area (Å²) < 4.78 is 0. The van der Waals surface area contributed by atoms with E-state index in [0.29, 0.717) is 24.6 Å². The van der Waals surface area contributed by atoms with Gasteiger partial charge in [-0.15, -0.1) is 0 Å². The van der Waals surface area contributed by atoms with Crippen molar-refractivity contribution in [2.75, 3.05) is 31.1 Å². The average molecular weight is 376 g/mol. The molecule has 2 aromatic rings. The molecule has 0 bridgehead atoms. The highest BCUT2D eigenvalue weighted by Crippen LogP contribution is 2.29. The van der Waals surface area contributed by atoms with Gasteiger partial charge in [0.1, 0.15) is 5.82 Å². The van der Waals surface area contributed by atoms with E-state index in [2.05, 4.69) is 38.5 Å². The van der Waals surface area contributed by atoms with Crippen molar-refractivity contribution in [3.8, 4) is 6.19 Å². The summed E-state index contributed by atoms with van der Waals surface area (Å²) in [5, 5.41) is 11.9. The van der Waals surface area contributed by atoms with Crippen molar-refractivity contribution >= 4 is 11.7 Å². The lowest BCUT2D eigenvalue weighted by Crippen LogP contribution is -2.36. The third kappa shape index (κ3) is 4.06. The number of aromatic nitrogens is 2. The van der Waals surface area contributed by atoms with Crippen LogP contribution in [0.2, 0.25) is 0 Å². The smallest absolute Gasteiger partial charge is 0.253 e. The summed E-state index contributed by atoms with van der Waals surface area (Å²) in [4.78, 5) is 25.0. The maximum absolute atomic E-state index is 12.4. The molecule has 2 fully saturated rings. The van der Waals surface area contributed by atoms with Crippen molar-refractivity contribution in [1.82, 2.24) is 20.2 Å². The van der Waals surface area contributed by atoms with Crippen molar-refractivity contribution < 1.29 is 4.79 Å². The van der Waals surface area contributed by atoms with Gasteiger partial charge < -0.3 is 15.1 Å². The van der Waals surface area contributed by atoms with Crippen LogP contribution in [0.15, 0.2) is 42.9 Å². The Labute approximate surface area is 165 Å². The first kappa shape index (κ1) is 18.2. The molecule has 1 N–H and O–H groups in total. The Bertz CT molecular complexity index is 839. The molecule has 144 valence electrons. The molecule has 7 heteroatoms. The van der Waals surface area contributed by atoms with Crippen molar-refractivity contribution in [3.05, 3.63) is 54.0 Å². The SMILES string of the molecule is N#CN1CCC(NC(=O)c2ccc(N3CCC(c4ccncc4)CC3)nc2)C1. The van der Waals surface area contributed by atoms with E-state index in [1.165, 1.54) is 5.56 Å². The van der Waals surface area contributed by atoms with Crippen molar-refractivity contribution in [2.24, 2.45) is 0 Å². The minimum absolute atomic E-state index is 0.0269. The van der Waals surface area contributed by atoms with Crippen molar-refractivity contribution in [2.45, 2.75) is 31.2 Å². The lowest BCUT2D eigenvalue weighted by atomic mass is 9.90. The quantitative estimate of drug-likeness (QED) is 0.823. The number of nitrogens with one attached hydrogen (secondary N) is 1. The van der Waals surface area contributed by atoms with Crippen LogP contribution in [-0.4, -0.2) is 53.0 Å². The van der Waals surface area contributed by atoms with Crippen molar-refractivity contribution in [1.29, 1.82) is 5.26 Å². The number of nitrogens with zero attached hydrogens (tertiary/aromatic N) is 5. The molecule has 1 unspecified atom stereocenters. The van der Waals surface area contributed by atoms with Crippen LogP contribution in [0.4, 0.5) is 5.82 Å². The number of anilines is 1. The van der Waals surface area contributed by atoms with Crippen LogP contribution >= 0.6 is 0 Å². The second-order valence-corrected chi connectivity index (χ2v) is 7.45. The maximum Gasteiger partial charge on any atom is 0.253 e. The molecule has 2 aromatic heterocycles. The van der Waals surface area contributed by atoms with E-state index in [1.807, 2.05) is 24.5 Å². The predicted molar refractivity (Wildman–Crippen MR) is 106 cm³/mol. The first-order valence-electron chi connectivity index (χ1n) is 9.79. The average Bonchev–Trinajstić information content (AvgIpc) is 3.22. The number of hydrogen-bond donors (Lipinski definition) is 1. The van der Waals surface area contributed by atoms with Gasteiger partial charge in [-0.2, -0.15) is 5.26 Å². The zero-order chi connectivity index (χ0) is 19.3. The van der Waals surface area contributed by atoms with Crippen LogP contribution in [-0.2, 0) is 0 Å². The maximum atomic E-state index is 12.4. The third-order valence-electron chi connectivity index (χ3n) is 5.67. The van der Waals surface area contributed by atoms with Gasteiger partial charge in [0.25, 0.3) is 5.91 Å². The van der Waals surface area contributed by atoms with E-state index in [-0.39, 0.29) is 11.9 Å². The molecule has 2 saturated heterocycles. The zero-order valence-electron chi connectivity index (χ0n) is 15.8. The molecule has 4 rings (SSSR count). The van der Waals surface area contributed by atoms with Gasteiger partial charge in [0.15, 0.2) is 6.19 Å². The number of hydrogen-bond acceptors (Lipinski definition) is 6. The molecule has 2 aliphatic rings. The fraction of sp³-hybridized carbons (Fsp3) is 0.429. The van der Waals surface area contributed by atoms with Gasteiger partial charge in [-0.05, 0) is 55.0 Å². The number of pyridine rings is 2. The summed E-state index contributed by atoms with van der Waals surface area (Å²) in [6, 6.07) is 8.00. The van der Waals surface area contributed by atoms with Crippen LogP contribution in [0.1, 0.15) is 41.1 Å².